The van der Waals surface area contributed by atoms with Crippen LogP contribution in [-0.2, 0) is 6.18 Å². The number of carbonyl (C=O) groups excluding carboxylic acids is 2. The molecule has 1 aliphatic rings. The fourth-order valence-electron chi connectivity index (χ4n) is 3.16. The summed E-state index contributed by atoms with van der Waals surface area (Å²) < 4.78 is 44.2. The van der Waals surface area contributed by atoms with Gasteiger partial charge in [-0.25, -0.2) is 4.90 Å². The summed E-state index contributed by atoms with van der Waals surface area (Å²) in [5, 5.41) is 11.4. The Balaban J connectivity index is 1.75. The summed E-state index contributed by atoms with van der Waals surface area (Å²) in [6.07, 6.45) is -4.60. The lowest BCUT2D eigenvalue weighted by Crippen LogP contribution is -2.29. The molecule has 31 heavy (non-hydrogen) atoms. The van der Waals surface area contributed by atoms with Crippen molar-refractivity contribution in [2.45, 2.75) is 6.18 Å². The molecule has 3 aromatic carbocycles. The van der Waals surface area contributed by atoms with E-state index in [1.54, 1.807) is 12.1 Å². The zero-order valence-electron chi connectivity index (χ0n) is 15.4. The Bertz CT molecular complexity index is 1200. The molecule has 10 heteroatoms. The van der Waals surface area contributed by atoms with Crippen LogP contribution < -0.4 is 9.64 Å². The molecule has 1 heterocycles. The quantitative estimate of drug-likeness (QED) is 0.323. The van der Waals surface area contributed by atoms with Gasteiger partial charge in [0.15, 0.2) is 0 Å². The molecule has 0 spiro atoms. The van der Waals surface area contributed by atoms with Crippen LogP contribution in [0.3, 0.4) is 0 Å². The third-order valence-electron chi connectivity index (χ3n) is 4.54. The molecule has 0 aromatic heterocycles. The number of nitro benzene ring substituents is 1. The molecule has 3 aromatic rings. The summed E-state index contributed by atoms with van der Waals surface area (Å²) in [6.45, 7) is 0. The molecule has 0 radical (unpaired) electrons. The number of nitro groups is 1. The zero-order chi connectivity index (χ0) is 22.3. The molecule has 0 aliphatic carbocycles. The van der Waals surface area contributed by atoms with E-state index in [1.165, 1.54) is 24.3 Å². The number of rotatable bonds is 4. The van der Waals surface area contributed by atoms with E-state index < -0.39 is 34.2 Å². The fraction of sp³-hybridized carbons (Fsp3) is 0.0476. The van der Waals surface area contributed by atoms with Crippen molar-refractivity contribution >= 4 is 23.2 Å². The van der Waals surface area contributed by atoms with Crippen LogP contribution in [0.4, 0.5) is 24.5 Å². The second-order valence-corrected chi connectivity index (χ2v) is 6.56. The number of amides is 2. The van der Waals surface area contributed by atoms with Gasteiger partial charge in [-0.1, -0.05) is 18.2 Å². The van der Waals surface area contributed by atoms with E-state index in [0.717, 1.165) is 35.2 Å². The van der Waals surface area contributed by atoms with Gasteiger partial charge in [0.2, 0.25) is 0 Å². The Hall–Kier alpha value is -4.21. The van der Waals surface area contributed by atoms with E-state index in [1.807, 2.05) is 0 Å². The van der Waals surface area contributed by atoms with Crippen LogP contribution in [0.25, 0.3) is 0 Å². The van der Waals surface area contributed by atoms with E-state index in [2.05, 4.69) is 0 Å². The van der Waals surface area contributed by atoms with E-state index in [0.29, 0.717) is 0 Å². The Morgan fingerprint density at radius 2 is 1.48 bits per heavy atom. The number of benzene rings is 3. The van der Waals surface area contributed by atoms with Crippen LogP contribution >= 0.6 is 0 Å². The topological polar surface area (TPSA) is 89.8 Å². The van der Waals surface area contributed by atoms with Crippen LogP contribution in [0.5, 0.6) is 11.5 Å². The number of hydrogen-bond acceptors (Lipinski definition) is 5. The molecule has 7 nitrogen and oxygen atoms in total. The summed E-state index contributed by atoms with van der Waals surface area (Å²) in [5.41, 5.74) is -1.33. The summed E-state index contributed by atoms with van der Waals surface area (Å²) >= 11 is 0. The van der Waals surface area contributed by atoms with Crippen molar-refractivity contribution in [1.29, 1.82) is 0 Å². The highest BCUT2D eigenvalue weighted by molar-refractivity contribution is 6.34. The van der Waals surface area contributed by atoms with Crippen molar-refractivity contribution in [2.75, 3.05) is 4.90 Å². The van der Waals surface area contributed by atoms with Gasteiger partial charge in [0.25, 0.3) is 17.5 Å². The van der Waals surface area contributed by atoms with Gasteiger partial charge in [-0.05, 0) is 30.3 Å². The first-order valence-corrected chi connectivity index (χ1v) is 8.77. The summed E-state index contributed by atoms with van der Waals surface area (Å²) in [5.74, 6) is -1.78. The lowest BCUT2D eigenvalue weighted by atomic mass is 10.1. The van der Waals surface area contributed by atoms with Gasteiger partial charge in [0.05, 0.1) is 33.4 Å². The average molecular weight is 428 g/mol. The highest BCUT2D eigenvalue weighted by atomic mass is 19.4. The molecule has 4 rings (SSSR count). The lowest BCUT2D eigenvalue weighted by molar-refractivity contribution is -0.384. The molecule has 0 N–H and O–H groups in total. The maximum Gasteiger partial charge on any atom is 0.416 e. The van der Waals surface area contributed by atoms with Crippen molar-refractivity contribution < 1.29 is 32.4 Å². The van der Waals surface area contributed by atoms with Crippen molar-refractivity contribution in [2.24, 2.45) is 0 Å². The zero-order valence-corrected chi connectivity index (χ0v) is 15.4. The van der Waals surface area contributed by atoms with Gasteiger partial charge in [-0.15, -0.1) is 0 Å². The third kappa shape index (κ3) is 3.70. The van der Waals surface area contributed by atoms with Crippen molar-refractivity contribution in [3.05, 3.63) is 93.5 Å². The lowest BCUT2D eigenvalue weighted by Gasteiger charge is -2.16. The Labute approximate surface area is 172 Å². The number of anilines is 1. The van der Waals surface area contributed by atoms with Gasteiger partial charge in [0.1, 0.15) is 11.5 Å². The van der Waals surface area contributed by atoms with Gasteiger partial charge in [-0.2, -0.15) is 13.2 Å². The van der Waals surface area contributed by atoms with Crippen molar-refractivity contribution in [3.8, 4) is 11.5 Å². The van der Waals surface area contributed by atoms with E-state index in [4.69, 9.17) is 4.74 Å². The fourth-order valence-corrected chi connectivity index (χ4v) is 3.16. The molecular weight excluding hydrogens is 417 g/mol. The number of ether oxygens (including phenoxy) is 1. The molecule has 156 valence electrons. The highest BCUT2D eigenvalue weighted by Crippen LogP contribution is 2.37. The second-order valence-electron chi connectivity index (χ2n) is 6.56. The molecule has 0 fully saturated rings. The standard InChI is InChI=1S/C21H11F3N2O5/c22-21(23,24)12-4-3-5-15(8-12)31-16-10-13(9-14(11-16)26(29)30)25-19(27)17-6-1-2-7-18(17)20(25)28/h1-11H. The third-order valence-corrected chi connectivity index (χ3v) is 4.54. The maximum absolute atomic E-state index is 12.9. The first kappa shape index (κ1) is 20.1. The number of nitrogens with zero attached hydrogens (tertiary/aromatic N) is 2. The molecule has 0 saturated heterocycles. The number of alkyl halides is 3. The summed E-state index contributed by atoms with van der Waals surface area (Å²) in [7, 11) is 0. The van der Waals surface area contributed by atoms with Crippen LogP contribution in [0, 0.1) is 10.1 Å². The number of hydrogen-bond donors (Lipinski definition) is 0. The van der Waals surface area contributed by atoms with E-state index >= 15 is 0 Å². The van der Waals surface area contributed by atoms with Crippen molar-refractivity contribution in [3.63, 3.8) is 0 Å². The van der Waals surface area contributed by atoms with Gasteiger partial charge >= 0.3 is 6.18 Å². The normalized spacial score (nSPS) is 13.3. The number of halogens is 3. The van der Waals surface area contributed by atoms with Crippen LogP contribution in [-0.4, -0.2) is 16.7 Å². The highest BCUT2D eigenvalue weighted by Gasteiger charge is 2.37. The molecule has 2 amide bonds. The van der Waals surface area contributed by atoms with Gasteiger partial charge < -0.3 is 4.74 Å². The minimum absolute atomic E-state index is 0.137. The molecule has 1 aliphatic heterocycles. The van der Waals surface area contributed by atoms with Crippen molar-refractivity contribution in [1.82, 2.24) is 0 Å². The number of non-ortho nitro benzene ring substituents is 1. The van der Waals surface area contributed by atoms with Crippen LogP contribution in [0.2, 0.25) is 0 Å². The first-order chi connectivity index (χ1) is 14.6. The van der Waals surface area contributed by atoms with E-state index in [-0.39, 0.29) is 28.3 Å². The second kappa shape index (κ2) is 7.24. The SMILES string of the molecule is O=C1c2ccccc2C(=O)N1c1cc(Oc2cccc(C(F)(F)F)c2)cc([N+](=O)[O-])c1. The molecular formula is C21H11F3N2O5. The van der Waals surface area contributed by atoms with Crippen LogP contribution in [0.15, 0.2) is 66.7 Å². The average Bonchev–Trinajstić information content (AvgIpc) is 2.98. The molecule has 0 unspecified atom stereocenters. The molecule has 0 atom stereocenters. The van der Waals surface area contributed by atoms with Gasteiger partial charge in [-0.3, -0.25) is 19.7 Å². The number of carbonyl (C=O) groups is 2. The Kier molecular flexibility index (Phi) is 4.69. The Morgan fingerprint density at radius 3 is 2.06 bits per heavy atom. The smallest absolute Gasteiger partial charge is 0.416 e. The van der Waals surface area contributed by atoms with Crippen LogP contribution in [0.1, 0.15) is 26.3 Å². The number of fused-ring (bicyclic) bond motifs is 1. The van der Waals surface area contributed by atoms with E-state index in [9.17, 15) is 32.9 Å². The maximum atomic E-state index is 12.9. The minimum atomic E-state index is -4.60. The molecule has 0 saturated carbocycles. The number of imide groups is 1. The Morgan fingerprint density at radius 1 is 0.839 bits per heavy atom. The summed E-state index contributed by atoms with van der Waals surface area (Å²) in [4.78, 5) is 36.7. The summed E-state index contributed by atoms with van der Waals surface area (Å²) in [6, 6.07) is 13.2. The predicted octanol–water partition coefficient (Wildman–Crippen LogP) is 5.21. The molecule has 0 bridgehead atoms. The monoisotopic (exact) mass is 428 g/mol. The first-order valence-electron chi connectivity index (χ1n) is 8.77. The predicted molar refractivity (Wildman–Crippen MR) is 102 cm³/mol. The van der Waals surface area contributed by atoms with Gasteiger partial charge in [0, 0.05) is 12.1 Å². The largest absolute Gasteiger partial charge is 0.457 e. The minimum Gasteiger partial charge on any atom is -0.457 e.